The second-order valence-electron chi connectivity index (χ2n) is 5.52. The Kier molecular flexibility index (Phi) is 7.82. The number of amides is 1. The second kappa shape index (κ2) is 9.60. The highest BCUT2D eigenvalue weighted by Gasteiger charge is 2.42. The lowest BCUT2D eigenvalue weighted by Gasteiger charge is -2.27. The van der Waals surface area contributed by atoms with E-state index >= 15 is 0 Å². The Balaban J connectivity index is 3.20. The summed E-state index contributed by atoms with van der Waals surface area (Å²) in [7, 11) is 3.10. The van der Waals surface area contributed by atoms with Gasteiger partial charge in [-0.3, -0.25) is 14.4 Å². The minimum absolute atomic E-state index is 0.402. The van der Waals surface area contributed by atoms with Crippen molar-refractivity contribution < 1.29 is 42.2 Å². The highest BCUT2D eigenvalue weighted by Crippen LogP contribution is 2.21. The van der Waals surface area contributed by atoms with Crippen molar-refractivity contribution in [3.63, 3.8) is 0 Å². The molecule has 0 aliphatic heterocycles. The third-order valence-electron chi connectivity index (χ3n) is 3.83. The summed E-state index contributed by atoms with van der Waals surface area (Å²) in [4.78, 5) is 48.2. The maximum atomic E-state index is 13.3. The molecule has 2 atom stereocenters. The monoisotopic (exact) mass is 387 g/mol. The molecule has 0 unspecified atom stereocenters. The van der Waals surface area contributed by atoms with E-state index in [1.54, 1.807) is 0 Å². The van der Waals surface area contributed by atoms with Crippen LogP contribution in [0, 0.1) is 23.5 Å². The summed E-state index contributed by atoms with van der Waals surface area (Å²) in [6.07, 6.45) is 0. The van der Waals surface area contributed by atoms with E-state index in [0.29, 0.717) is 6.07 Å². The quantitative estimate of drug-likeness (QED) is 0.419. The predicted octanol–water partition coefficient (Wildman–Crippen LogP) is 0.834. The second-order valence-corrected chi connectivity index (χ2v) is 5.52. The van der Waals surface area contributed by atoms with Crippen molar-refractivity contribution in [3.05, 3.63) is 35.4 Å². The van der Waals surface area contributed by atoms with Gasteiger partial charge in [-0.05, 0) is 12.1 Å². The molecule has 1 amide bonds. The van der Waals surface area contributed by atoms with Crippen molar-refractivity contribution in [3.8, 4) is 0 Å². The minimum Gasteiger partial charge on any atom is -0.468 e. The molecule has 0 aliphatic carbocycles. The zero-order valence-electron chi connectivity index (χ0n) is 15.1. The Morgan fingerprint density at radius 2 is 1.30 bits per heavy atom. The summed E-state index contributed by atoms with van der Waals surface area (Å²) in [5.41, 5.74) is -0.402. The number of nitrogens with one attached hydrogen (secondary N) is 1. The maximum absolute atomic E-state index is 13.3. The maximum Gasteiger partial charge on any atom is 0.328 e. The van der Waals surface area contributed by atoms with Gasteiger partial charge in [-0.2, -0.15) is 0 Å². The van der Waals surface area contributed by atoms with Crippen LogP contribution in [0.5, 0.6) is 0 Å². The molecule has 0 saturated carbocycles. The molecule has 27 heavy (non-hydrogen) atoms. The molecular formula is C17H19F2NO7. The largest absolute Gasteiger partial charge is 0.468 e. The minimum atomic E-state index is -1.55. The van der Waals surface area contributed by atoms with Gasteiger partial charge in [0, 0.05) is 17.5 Å². The van der Waals surface area contributed by atoms with Gasteiger partial charge >= 0.3 is 17.9 Å². The van der Waals surface area contributed by atoms with Crippen LogP contribution in [0.2, 0.25) is 0 Å². The van der Waals surface area contributed by atoms with Crippen LogP contribution in [-0.4, -0.2) is 51.2 Å². The van der Waals surface area contributed by atoms with E-state index in [1.165, 1.54) is 6.92 Å². The number of ether oxygens (including phenoxy) is 3. The van der Waals surface area contributed by atoms with Crippen molar-refractivity contribution >= 4 is 23.8 Å². The number of hydrogen-bond acceptors (Lipinski definition) is 7. The van der Waals surface area contributed by atoms with Gasteiger partial charge in [0.1, 0.15) is 17.7 Å². The van der Waals surface area contributed by atoms with E-state index < -0.39 is 58.9 Å². The third kappa shape index (κ3) is 5.47. The summed E-state index contributed by atoms with van der Waals surface area (Å²) in [6, 6.07) is 0.587. The molecule has 10 heteroatoms. The van der Waals surface area contributed by atoms with Gasteiger partial charge in [0.25, 0.3) is 5.91 Å². The molecule has 1 aromatic rings. The van der Waals surface area contributed by atoms with Crippen molar-refractivity contribution in [1.29, 1.82) is 0 Å². The summed E-state index contributed by atoms with van der Waals surface area (Å²) in [5.74, 6) is -8.67. The molecule has 1 N–H and O–H groups in total. The lowest BCUT2D eigenvalue weighted by Crippen LogP contribution is -2.51. The lowest BCUT2D eigenvalue weighted by atomic mass is 9.87. The zero-order valence-corrected chi connectivity index (χ0v) is 15.1. The first kappa shape index (κ1) is 22.0. The molecule has 0 radical (unpaired) electrons. The van der Waals surface area contributed by atoms with Gasteiger partial charge in [-0.25, -0.2) is 13.6 Å². The molecule has 0 fully saturated rings. The van der Waals surface area contributed by atoms with E-state index in [4.69, 9.17) is 0 Å². The fourth-order valence-corrected chi connectivity index (χ4v) is 2.41. The van der Waals surface area contributed by atoms with Crippen molar-refractivity contribution in [2.75, 3.05) is 21.3 Å². The topological polar surface area (TPSA) is 108 Å². The van der Waals surface area contributed by atoms with Crippen LogP contribution in [0.4, 0.5) is 8.78 Å². The SMILES string of the molecule is COC(=O)C(C(=O)OC)[C@@H](C)[C@H](NC(=O)c1cc(F)cc(F)c1)C(=O)OC. The number of carbonyl (C=O) groups excluding carboxylic acids is 4. The molecule has 148 valence electrons. The number of halogens is 2. The lowest BCUT2D eigenvalue weighted by molar-refractivity contribution is -0.162. The van der Waals surface area contributed by atoms with Gasteiger partial charge in [0.05, 0.1) is 21.3 Å². The molecule has 1 rings (SSSR count). The Hall–Kier alpha value is -3.04. The van der Waals surface area contributed by atoms with Gasteiger partial charge in [-0.15, -0.1) is 0 Å². The molecule has 8 nitrogen and oxygen atoms in total. The van der Waals surface area contributed by atoms with Crippen molar-refractivity contribution in [2.24, 2.45) is 11.8 Å². The first-order valence-electron chi connectivity index (χ1n) is 7.66. The number of esters is 3. The Labute approximate surface area is 153 Å². The standard InChI is InChI=1S/C17H19F2NO7/c1-8(12(15(22)25-2)16(23)26-3)13(17(24)27-4)20-14(21)9-5-10(18)7-11(19)6-9/h5-8,12-13H,1-4H3,(H,20,21)/t8-,13+/m1/s1. The third-order valence-corrected chi connectivity index (χ3v) is 3.83. The molecule has 0 heterocycles. The van der Waals surface area contributed by atoms with Gasteiger partial charge in [0.15, 0.2) is 5.92 Å². The molecule has 1 aromatic carbocycles. The smallest absolute Gasteiger partial charge is 0.328 e. The number of carbonyl (C=O) groups is 4. The van der Waals surface area contributed by atoms with Crippen LogP contribution in [-0.2, 0) is 28.6 Å². The van der Waals surface area contributed by atoms with E-state index in [9.17, 15) is 28.0 Å². The molecular weight excluding hydrogens is 368 g/mol. The van der Waals surface area contributed by atoms with Crippen LogP contribution in [0.3, 0.4) is 0 Å². The Morgan fingerprint density at radius 3 is 1.70 bits per heavy atom. The molecule has 0 aliphatic rings. The van der Waals surface area contributed by atoms with Crippen LogP contribution in [0.1, 0.15) is 17.3 Å². The molecule has 0 aromatic heterocycles. The fraction of sp³-hybridized carbons (Fsp3) is 0.412. The summed E-state index contributed by atoms with van der Waals surface area (Å²) in [6.45, 7) is 1.31. The highest BCUT2D eigenvalue weighted by atomic mass is 19.1. The van der Waals surface area contributed by atoms with Crippen LogP contribution < -0.4 is 5.32 Å². The van der Waals surface area contributed by atoms with E-state index in [0.717, 1.165) is 33.5 Å². The van der Waals surface area contributed by atoms with Crippen molar-refractivity contribution in [1.82, 2.24) is 5.32 Å². The first-order valence-corrected chi connectivity index (χ1v) is 7.66. The molecule has 0 saturated heterocycles. The normalized spacial score (nSPS) is 12.7. The van der Waals surface area contributed by atoms with Crippen LogP contribution in [0.15, 0.2) is 18.2 Å². The van der Waals surface area contributed by atoms with Crippen molar-refractivity contribution in [2.45, 2.75) is 13.0 Å². The Bertz CT molecular complexity index is 702. The highest BCUT2D eigenvalue weighted by molar-refractivity contribution is 5.99. The average molecular weight is 387 g/mol. The van der Waals surface area contributed by atoms with E-state index in [1.807, 2.05) is 0 Å². The number of hydrogen-bond donors (Lipinski definition) is 1. The molecule has 0 bridgehead atoms. The van der Waals surface area contributed by atoms with Crippen LogP contribution in [0.25, 0.3) is 0 Å². The summed E-state index contributed by atoms with van der Waals surface area (Å²) in [5, 5.41) is 2.21. The van der Waals surface area contributed by atoms with E-state index in [-0.39, 0.29) is 0 Å². The number of rotatable bonds is 7. The Morgan fingerprint density at radius 1 is 0.852 bits per heavy atom. The van der Waals surface area contributed by atoms with Gasteiger partial charge in [-0.1, -0.05) is 6.92 Å². The average Bonchev–Trinajstić information content (AvgIpc) is 2.63. The zero-order chi connectivity index (χ0) is 20.7. The van der Waals surface area contributed by atoms with Crippen LogP contribution >= 0.6 is 0 Å². The summed E-state index contributed by atoms with van der Waals surface area (Å²) >= 11 is 0. The fourth-order valence-electron chi connectivity index (χ4n) is 2.41. The summed E-state index contributed by atoms with van der Waals surface area (Å²) < 4.78 is 40.3. The van der Waals surface area contributed by atoms with Gasteiger partial charge < -0.3 is 19.5 Å². The number of benzene rings is 1. The predicted molar refractivity (Wildman–Crippen MR) is 86.3 cm³/mol. The van der Waals surface area contributed by atoms with E-state index in [2.05, 4.69) is 19.5 Å². The first-order chi connectivity index (χ1) is 12.7. The molecule has 0 spiro atoms. The number of methoxy groups -OCH3 is 3. The van der Waals surface area contributed by atoms with Gasteiger partial charge in [0.2, 0.25) is 0 Å².